The van der Waals surface area contributed by atoms with Crippen molar-refractivity contribution in [2.45, 2.75) is 51.4 Å². The molecule has 0 aliphatic heterocycles. The van der Waals surface area contributed by atoms with Gasteiger partial charge in [0.1, 0.15) is 10.4 Å². The molecule has 2 rings (SSSR count). The highest BCUT2D eigenvalue weighted by atomic mass is 32.1. The summed E-state index contributed by atoms with van der Waals surface area (Å²) in [5, 5.41) is 0.937. The summed E-state index contributed by atoms with van der Waals surface area (Å²) < 4.78 is 4.89. The molecule has 0 spiro atoms. The Morgan fingerprint density at radius 2 is 2.00 bits per heavy atom. The third kappa shape index (κ3) is 1.99. The van der Waals surface area contributed by atoms with Gasteiger partial charge < -0.3 is 4.74 Å². The van der Waals surface area contributed by atoms with E-state index in [4.69, 9.17) is 9.72 Å². The summed E-state index contributed by atoms with van der Waals surface area (Å²) in [6.45, 7) is 8.53. The van der Waals surface area contributed by atoms with Crippen molar-refractivity contribution in [1.29, 1.82) is 0 Å². The van der Waals surface area contributed by atoms with Crippen LogP contribution in [0.3, 0.4) is 0 Å². The summed E-state index contributed by atoms with van der Waals surface area (Å²) in [6, 6.07) is 0. The third-order valence-corrected chi connectivity index (χ3v) is 4.42. The summed E-state index contributed by atoms with van der Waals surface area (Å²) in [6.07, 6.45) is 1.74. The lowest BCUT2D eigenvalue weighted by atomic mass is 9.91. The molecule has 0 amide bonds. The SMILES string of the molecule is COC(=O)C1(c2nc(C(C)(C)C)c(C)s2)CC1. The highest BCUT2D eigenvalue weighted by Crippen LogP contribution is 2.51. The van der Waals surface area contributed by atoms with Crippen LogP contribution in [-0.2, 0) is 20.4 Å². The number of aromatic nitrogens is 1. The molecule has 3 nitrogen and oxygen atoms in total. The van der Waals surface area contributed by atoms with Crippen molar-refractivity contribution in [3.63, 3.8) is 0 Å². The van der Waals surface area contributed by atoms with Crippen LogP contribution >= 0.6 is 11.3 Å². The zero-order chi connectivity index (χ0) is 12.8. The number of thiazole rings is 1. The smallest absolute Gasteiger partial charge is 0.318 e. The molecule has 17 heavy (non-hydrogen) atoms. The van der Waals surface area contributed by atoms with Gasteiger partial charge in [0, 0.05) is 10.3 Å². The minimum atomic E-state index is -0.423. The quantitative estimate of drug-likeness (QED) is 0.761. The molecule has 0 radical (unpaired) electrons. The van der Waals surface area contributed by atoms with E-state index in [0.29, 0.717) is 0 Å². The van der Waals surface area contributed by atoms with Crippen molar-refractivity contribution in [2.24, 2.45) is 0 Å². The number of methoxy groups -OCH3 is 1. The molecule has 1 aromatic heterocycles. The maximum absolute atomic E-state index is 11.8. The van der Waals surface area contributed by atoms with Crippen LogP contribution in [0.25, 0.3) is 0 Å². The summed E-state index contributed by atoms with van der Waals surface area (Å²) in [4.78, 5) is 17.7. The molecule has 4 heteroatoms. The Morgan fingerprint density at radius 3 is 2.35 bits per heavy atom. The number of aryl methyl sites for hydroxylation is 1. The molecule has 0 unspecified atom stereocenters. The number of hydrogen-bond donors (Lipinski definition) is 0. The Kier molecular flexibility index (Phi) is 2.81. The van der Waals surface area contributed by atoms with Crippen LogP contribution in [-0.4, -0.2) is 18.1 Å². The third-order valence-electron chi connectivity index (χ3n) is 3.24. The van der Waals surface area contributed by atoms with Crippen molar-refractivity contribution >= 4 is 17.3 Å². The van der Waals surface area contributed by atoms with E-state index in [2.05, 4.69) is 27.7 Å². The van der Waals surface area contributed by atoms with E-state index in [1.165, 1.54) is 12.0 Å². The van der Waals surface area contributed by atoms with E-state index in [0.717, 1.165) is 23.5 Å². The van der Waals surface area contributed by atoms with Gasteiger partial charge in [-0.1, -0.05) is 20.8 Å². The van der Waals surface area contributed by atoms with Crippen molar-refractivity contribution < 1.29 is 9.53 Å². The molecule has 1 aliphatic rings. The van der Waals surface area contributed by atoms with Crippen LogP contribution in [0, 0.1) is 6.92 Å². The van der Waals surface area contributed by atoms with Crippen molar-refractivity contribution in [2.75, 3.05) is 7.11 Å². The van der Waals surface area contributed by atoms with Gasteiger partial charge in [-0.2, -0.15) is 0 Å². The summed E-state index contributed by atoms with van der Waals surface area (Å²) in [5.74, 6) is -0.133. The van der Waals surface area contributed by atoms with Crippen LogP contribution in [0.1, 0.15) is 49.2 Å². The second-order valence-electron chi connectivity index (χ2n) is 5.75. The largest absolute Gasteiger partial charge is 0.468 e. The highest BCUT2D eigenvalue weighted by molar-refractivity contribution is 7.12. The monoisotopic (exact) mass is 253 g/mol. The highest BCUT2D eigenvalue weighted by Gasteiger charge is 2.55. The fourth-order valence-corrected chi connectivity index (χ4v) is 3.48. The van der Waals surface area contributed by atoms with Crippen LogP contribution in [0.5, 0.6) is 0 Å². The minimum Gasteiger partial charge on any atom is -0.468 e. The van der Waals surface area contributed by atoms with Crippen LogP contribution in [0.15, 0.2) is 0 Å². The fraction of sp³-hybridized carbons (Fsp3) is 0.692. The number of carbonyl (C=O) groups excluding carboxylic acids is 1. The number of rotatable bonds is 2. The van der Waals surface area contributed by atoms with Crippen LogP contribution < -0.4 is 0 Å². The second kappa shape index (κ2) is 3.80. The van der Waals surface area contributed by atoms with E-state index in [9.17, 15) is 4.79 Å². The van der Waals surface area contributed by atoms with E-state index >= 15 is 0 Å². The lowest BCUT2D eigenvalue weighted by molar-refractivity contribution is -0.143. The fourth-order valence-electron chi connectivity index (χ4n) is 2.12. The number of hydrogen-bond acceptors (Lipinski definition) is 4. The normalized spacial score (nSPS) is 17.9. The molecule has 1 fully saturated rings. The summed E-state index contributed by atoms with van der Waals surface area (Å²) in [5.41, 5.74) is 0.714. The van der Waals surface area contributed by atoms with Crippen molar-refractivity contribution in [3.05, 3.63) is 15.6 Å². The number of carbonyl (C=O) groups is 1. The van der Waals surface area contributed by atoms with Gasteiger partial charge in [0.25, 0.3) is 0 Å². The Hall–Kier alpha value is -0.900. The van der Waals surface area contributed by atoms with Gasteiger partial charge in [-0.3, -0.25) is 4.79 Å². The molecule has 1 saturated carbocycles. The molecule has 0 atom stereocenters. The van der Waals surface area contributed by atoms with Gasteiger partial charge in [-0.25, -0.2) is 4.98 Å². The number of esters is 1. The van der Waals surface area contributed by atoms with Gasteiger partial charge in [-0.15, -0.1) is 11.3 Å². The molecule has 1 aromatic rings. The van der Waals surface area contributed by atoms with Crippen molar-refractivity contribution in [3.8, 4) is 0 Å². The maximum Gasteiger partial charge on any atom is 0.318 e. The van der Waals surface area contributed by atoms with Crippen LogP contribution in [0.2, 0.25) is 0 Å². The first-order valence-corrected chi connectivity index (χ1v) is 6.70. The maximum atomic E-state index is 11.8. The molecule has 1 aliphatic carbocycles. The van der Waals surface area contributed by atoms with Crippen LogP contribution in [0.4, 0.5) is 0 Å². The Balaban J connectivity index is 2.40. The van der Waals surface area contributed by atoms with Gasteiger partial charge in [-0.05, 0) is 19.8 Å². The van der Waals surface area contributed by atoms with E-state index in [1.54, 1.807) is 11.3 Å². The lowest BCUT2D eigenvalue weighted by Crippen LogP contribution is -2.22. The van der Waals surface area contributed by atoms with E-state index < -0.39 is 5.41 Å². The summed E-state index contributed by atoms with van der Waals surface area (Å²) in [7, 11) is 1.45. The first-order chi connectivity index (χ1) is 7.81. The van der Waals surface area contributed by atoms with Gasteiger partial charge in [0.2, 0.25) is 0 Å². The second-order valence-corrected chi connectivity index (χ2v) is 6.95. The predicted octanol–water partition coefficient (Wildman–Crippen LogP) is 2.95. The van der Waals surface area contributed by atoms with Gasteiger partial charge in [0.15, 0.2) is 0 Å². The molecule has 94 valence electrons. The minimum absolute atomic E-state index is 0.0328. The first-order valence-electron chi connectivity index (χ1n) is 5.88. The Bertz CT molecular complexity index is 452. The zero-order valence-electron chi connectivity index (χ0n) is 11.1. The van der Waals surface area contributed by atoms with Gasteiger partial charge >= 0.3 is 5.97 Å². The number of ether oxygens (including phenoxy) is 1. The molecule has 0 N–H and O–H groups in total. The van der Waals surface area contributed by atoms with Gasteiger partial charge in [0.05, 0.1) is 12.8 Å². The Morgan fingerprint density at radius 1 is 1.41 bits per heavy atom. The zero-order valence-corrected chi connectivity index (χ0v) is 11.9. The lowest BCUT2D eigenvalue weighted by Gasteiger charge is -2.16. The Labute approximate surface area is 106 Å². The molecule has 0 saturated heterocycles. The molecular weight excluding hydrogens is 234 g/mol. The van der Waals surface area contributed by atoms with Crippen molar-refractivity contribution in [1.82, 2.24) is 4.98 Å². The molecule has 0 aromatic carbocycles. The number of nitrogens with zero attached hydrogens (tertiary/aromatic N) is 1. The molecular formula is C13H19NO2S. The van der Waals surface area contributed by atoms with E-state index in [-0.39, 0.29) is 11.4 Å². The van der Waals surface area contributed by atoms with E-state index in [1.807, 2.05) is 0 Å². The standard InChI is InChI=1S/C13H19NO2S/c1-8-9(12(2,3)4)14-10(17-8)13(6-7-13)11(15)16-5/h6-7H2,1-5H3. The molecule has 1 heterocycles. The molecule has 0 bridgehead atoms. The average Bonchev–Trinajstić information content (AvgIpc) is 2.94. The summed E-state index contributed by atoms with van der Waals surface area (Å²) >= 11 is 1.64. The average molecular weight is 253 g/mol. The topological polar surface area (TPSA) is 39.2 Å². The predicted molar refractivity (Wildman–Crippen MR) is 68.5 cm³/mol. The first kappa shape index (κ1) is 12.6.